The molecular weight excluding hydrogens is 437 g/mol. The molecule has 7 heteroatoms. The Morgan fingerprint density at radius 3 is 2.42 bits per heavy atom. The molecule has 4 nitrogen and oxygen atoms in total. The first-order chi connectivity index (χ1) is 12.4. The van der Waals surface area contributed by atoms with Crippen molar-refractivity contribution in [2.45, 2.75) is 19.4 Å². The third kappa shape index (κ3) is 3.04. The summed E-state index contributed by atoms with van der Waals surface area (Å²) in [7, 11) is 0. The predicted molar refractivity (Wildman–Crippen MR) is 107 cm³/mol. The summed E-state index contributed by atoms with van der Waals surface area (Å²) in [6.45, 7) is 1.95. The number of fused-ring (bicyclic) bond motifs is 1. The standard InChI is InChI=1S/C19H14BrCl2N3O/c1-11-10-23-19-24(11)17(6-12-2-4-13(20)5-3-12)18(26)25(19)16-8-14(21)7-15(22)9-16/h2-5,7-10,17H,6H2,1H3. The van der Waals surface area contributed by atoms with Crippen LogP contribution in [0.25, 0.3) is 0 Å². The molecule has 132 valence electrons. The predicted octanol–water partition coefficient (Wildman–Crippen LogP) is 5.72. The number of hydrogen-bond acceptors (Lipinski definition) is 2. The maximum atomic E-state index is 13.2. The fourth-order valence-electron chi connectivity index (χ4n) is 3.28. The summed E-state index contributed by atoms with van der Waals surface area (Å²) in [5.41, 5.74) is 2.64. The van der Waals surface area contributed by atoms with Gasteiger partial charge in [-0.1, -0.05) is 51.3 Å². The summed E-state index contributed by atoms with van der Waals surface area (Å²) < 4.78 is 2.98. The minimum absolute atomic E-state index is 0.0440. The zero-order valence-electron chi connectivity index (χ0n) is 13.8. The van der Waals surface area contributed by atoms with Crippen molar-refractivity contribution in [1.29, 1.82) is 0 Å². The maximum Gasteiger partial charge on any atom is 0.257 e. The number of carbonyl (C=O) groups excluding carboxylic acids is 1. The lowest BCUT2D eigenvalue weighted by molar-refractivity contribution is -0.119. The Balaban J connectivity index is 1.76. The number of nitrogens with zero attached hydrogens (tertiary/aromatic N) is 3. The summed E-state index contributed by atoms with van der Waals surface area (Å²) in [5, 5.41) is 0.956. The zero-order chi connectivity index (χ0) is 18.4. The van der Waals surface area contributed by atoms with E-state index in [9.17, 15) is 4.79 Å². The van der Waals surface area contributed by atoms with E-state index in [1.807, 2.05) is 35.8 Å². The molecule has 1 aromatic heterocycles. The van der Waals surface area contributed by atoms with E-state index in [4.69, 9.17) is 23.2 Å². The number of aryl methyl sites for hydroxylation is 1. The molecule has 2 heterocycles. The molecule has 4 rings (SSSR count). The lowest BCUT2D eigenvalue weighted by Crippen LogP contribution is -2.26. The van der Waals surface area contributed by atoms with Crippen molar-refractivity contribution in [1.82, 2.24) is 9.55 Å². The van der Waals surface area contributed by atoms with E-state index in [1.54, 1.807) is 29.3 Å². The fourth-order valence-corrected chi connectivity index (χ4v) is 4.05. The van der Waals surface area contributed by atoms with Gasteiger partial charge in [0.25, 0.3) is 5.91 Å². The molecule has 0 saturated heterocycles. The maximum absolute atomic E-state index is 13.2. The molecule has 1 aliphatic heterocycles. The van der Waals surface area contributed by atoms with Crippen LogP contribution >= 0.6 is 39.1 Å². The van der Waals surface area contributed by atoms with Crippen LogP contribution in [-0.4, -0.2) is 15.5 Å². The Labute approximate surface area is 169 Å². The minimum atomic E-state index is -0.355. The molecule has 0 aliphatic carbocycles. The Kier molecular flexibility index (Phi) is 4.55. The first-order valence-electron chi connectivity index (χ1n) is 8.02. The second-order valence-electron chi connectivity index (χ2n) is 6.22. The average molecular weight is 451 g/mol. The topological polar surface area (TPSA) is 38.1 Å². The van der Waals surface area contributed by atoms with Gasteiger partial charge in [-0.3, -0.25) is 4.79 Å². The van der Waals surface area contributed by atoms with E-state index < -0.39 is 0 Å². The summed E-state index contributed by atoms with van der Waals surface area (Å²) in [4.78, 5) is 19.3. The van der Waals surface area contributed by atoms with Crippen molar-refractivity contribution < 1.29 is 4.79 Å². The van der Waals surface area contributed by atoms with Crippen LogP contribution in [0.4, 0.5) is 11.6 Å². The number of imidazole rings is 1. The van der Waals surface area contributed by atoms with Crippen LogP contribution in [-0.2, 0) is 11.2 Å². The van der Waals surface area contributed by atoms with Gasteiger partial charge in [0.2, 0.25) is 5.95 Å². The Bertz CT molecular complexity index is 980. The monoisotopic (exact) mass is 449 g/mol. The molecule has 1 amide bonds. The first kappa shape index (κ1) is 17.6. The lowest BCUT2D eigenvalue weighted by atomic mass is 10.1. The molecule has 0 N–H and O–H groups in total. The van der Waals surface area contributed by atoms with Crippen LogP contribution in [0.15, 0.2) is 53.1 Å². The smallest absolute Gasteiger partial charge is 0.257 e. The summed E-state index contributed by atoms with van der Waals surface area (Å²) in [6.07, 6.45) is 2.36. The molecule has 0 saturated carbocycles. The molecule has 1 aliphatic rings. The number of carbonyl (C=O) groups is 1. The van der Waals surface area contributed by atoms with Gasteiger partial charge in [0.1, 0.15) is 6.04 Å². The normalized spacial score (nSPS) is 16.2. The molecule has 0 fully saturated rings. The highest BCUT2D eigenvalue weighted by Gasteiger charge is 2.40. The zero-order valence-corrected chi connectivity index (χ0v) is 16.9. The van der Waals surface area contributed by atoms with Crippen LogP contribution in [0.5, 0.6) is 0 Å². The molecule has 0 radical (unpaired) electrons. The molecule has 26 heavy (non-hydrogen) atoms. The number of rotatable bonds is 3. The van der Waals surface area contributed by atoms with E-state index in [-0.39, 0.29) is 11.9 Å². The Morgan fingerprint density at radius 1 is 1.12 bits per heavy atom. The molecule has 0 spiro atoms. The highest BCUT2D eigenvalue weighted by atomic mass is 79.9. The van der Waals surface area contributed by atoms with Crippen LogP contribution in [0.3, 0.4) is 0 Å². The molecule has 3 aromatic rings. The van der Waals surface area contributed by atoms with E-state index in [1.165, 1.54) is 0 Å². The van der Waals surface area contributed by atoms with Crippen LogP contribution < -0.4 is 4.90 Å². The van der Waals surface area contributed by atoms with Crippen molar-refractivity contribution in [3.8, 4) is 0 Å². The van der Waals surface area contributed by atoms with Crippen molar-refractivity contribution in [2.75, 3.05) is 4.90 Å². The number of hydrogen-bond donors (Lipinski definition) is 0. The second kappa shape index (κ2) is 6.72. The highest BCUT2D eigenvalue weighted by molar-refractivity contribution is 9.10. The number of anilines is 2. The van der Waals surface area contributed by atoms with Gasteiger partial charge in [-0.25, -0.2) is 9.88 Å². The third-order valence-electron chi connectivity index (χ3n) is 4.43. The number of benzene rings is 2. The van der Waals surface area contributed by atoms with E-state index in [0.717, 1.165) is 15.7 Å². The van der Waals surface area contributed by atoms with Gasteiger partial charge in [0, 0.05) is 26.6 Å². The second-order valence-corrected chi connectivity index (χ2v) is 8.01. The van der Waals surface area contributed by atoms with Gasteiger partial charge in [-0.15, -0.1) is 0 Å². The average Bonchev–Trinajstić information content (AvgIpc) is 3.07. The van der Waals surface area contributed by atoms with Crippen molar-refractivity contribution in [3.05, 3.63) is 74.4 Å². The summed E-state index contributed by atoms with van der Waals surface area (Å²) in [6, 6.07) is 12.7. The summed E-state index contributed by atoms with van der Waals surface area (Å²) in [5.74, 6) is 0.547. The van der Waals surface area contributed by atoms with Gasteiger partial charge in [-0.2, -0.15) is 0 Å². The first-order valence-corrected chi connectivity index (χ1v) is 9.57. The number of aromatic nitrogens is 2. The molecular formula is C19H14BrCl2N3O. The van der Waals surface area contributed by atoms with Gasteiger partial charge in [0.05, 0.1) is 11.9 Å². The van der Waals surface area contributed by atoms with Crippen LogP contribution in [0, 0.1) is 6.92 Å². The highest BCUT2D eigenvalue weighted by Crippen LogP contribution is 2.40. The Hall–Kier alpha value is -1.82. The molecule has 2 aromatic carbocycles. The number of halogens is 3. The Morgan fingerprint density at radius 2 is 1.77 bits per heavy atom. The van der Waals surface area contributed by atoms with Gasteiger partial charge in [0.15, 0.2) is 0 Å². The van der Waals surface area contributed by atoms with Gasteiger partial charge < -0.3 is 4.57 Å². The molecule has 0 bridgehead atoms. The fraction of sp³-hybridized carbons (Fsp3) is 0.158. The van der Waals surface area contributed by atoms with E-state index >= 15 is 0 Å². The SMILES string of the molecule is Cc1cnc2n1C(Cc1ccc(Br)cc1)C(=O)N2c1cc(Cl)cc(Cl)c1. The minimum Gasteiger partial charge on any atom is -0.301 e. The third-order valence-corrected chi connectivity index (χ3v) is 5.39. The van der Waals surface area contributed by atoms with E-state index in [0.29, 0.717) is 28.1 Å². The number of amides is 1. The van der Waals surface area contributed by atoms with Crippen molar-refractivity contribution in [2.24, 2.45) is 0 Å². The van der Waals surface area contributed by atoms with Crippen molar-refractivity contribution in [3.63, 3.8) is 0 Å². The van der Waals surface area contributed by atoms with Crippen LogP contribution in [0.1, 0.15) is 17.3 Å². The molecule has 1 unspecified atom stereocenters. The quantitative estimate of drug-likeness (QED) is 0.511. The van der Waals surface area contributed by atoms with Gasteiger partial charge >= 0.3 is 0 Å². The summed E-state index contributed by atoms with van der Waals surface area (Å²) >= 11 is 15.7. The van der Waals surface area contributed by atoms with Crippen LogP contribution in [0.2, 0.25) is 10.0 Å². The van der Waals surface area contributed by atoms with E-state index in [2.05, 4.69) is 20.9 Å². The van der Waals surface area contributed by atoms with Gasteiger partial charge in [-0.05, 0) is 42.8 Å². The lowest BCUT2D eigenvalue weighted by Gasteiger charge is -2.16. The largest absolute Gasteiger partial charge is 0.301 e. The van der Waals surface area contributed by atoms with Crippen molar-refractivity contribution >= 4 is 56.7 Å². The molecule has 1 atom stereocenters.